The van der Waals surface area contributed by atoms with Gasteiger partial charge in [0.15, 0.2) is 11.6 Å². The van der Waals surface area contributed by atoms with Crippen molar-refractivity contribution in [3.05, 3.63) is 61.2 Å². The van der Waals surface area contributed by atoms with Gasteiger partial charge in [-0.25, -0.2) is 9.97 Å². The number of nitrogens with zero attached hydrogens (tertiary/aromatic N) is 6. The smallest absolute Gasteiger partial charge is 0.159 e. The first-order valence-electron chi connectivity index (χ1n) is 12.3. The second kappa shape index (κ2) is 9.09. The third-order valence-corrected chi connectivity index (χ3v) is 6.79. The number of benzene rings is 1. The van der Waals surface area contributed by atoms with Gasteiger partial charge in [0.1, 0.15) is 11.2 Å². The van der Waals surface area contributed by atoms with Crippen molar-refractivity contribution in [2.45, 2.75) is 13.3 Å². The Morgan fingerprint density at radius 1 is 1.06 bits per heavy atom. The van der Waals surface area contributed by atoms with Crippen LogP contribution in [0.2, 0.25) is 0 Å². The normalized spacial score (nSPS) is 14.6. The van der Waals surface area contributed by atoms with Crippen LogP contribution in [0.1, 0.15) is 13.3 Å². The lowest BCUT2D eigenvalue weighted by atomic mass is 10.0. The molecule has 1 aliphatic rings. The summed E-state index contributed by atoms with van der Waals surface area (Å²) in [5.41, 5.74) is 7.53. The number of aromatic nitrogens is 6. The van der Waals surface area contributed by atoms with Crippen LogP contribution in [0.15, 0.2) is 61.2 Å². The molecule has 9 nitrogen and oxygen atoms in total. The zero-order chi connectivity index (χ0) is 24.6. The number of anilines is 2. The Bertz CT molecular complexity index is 1560. The fourth-order valence-electron chi connectivity index (χ4n) is 4.62. The van der Waals surface area contributed by atoms with Gasteiger partial charge in [-0.1, -0.05) is 19.6 Å². The number of H-pyrrole nitrogens is 2. The van der Waals surface area contributed by atoms with E-state index < -0.39 is 0 Å². The molecule has 0 bridgehead atoms. The largest absolute Gasteiger partial charge is 0.358 e. The van der Waals surface area contributed by atoms with Crippen LogP contribution >= 0.6 is 0 Å². The minimum Gasteiger partial charge on any atom is -0.358 e. The van der Waals surface area contributed by atoms with E-state index in [2.05, 4.69) is 79.0 Å². The molecule has 5 heterocycles. The number of rotatable bonds is 6. The van der Waals surface area contributed by atoms with E-state index in [0.29, 0.717) is 0 Å². The molecule has 9 heteroatoms. The lowest BCUT2D eigenvalue weighted by Crippen LogP contribution is -2.44. The van der Waals surface area contributed by atoms with Gasteiger partial charge in [-0.2, -0.15) is 5.10 Å². The third kappa shape index (κ3) is 4.07. The molecule has 1 aromatic carbocycles. The predicted octanol–water partition coefficient (Wildman–Crippen LogP) is 4.65. The fraction of sp³-hybridized carbons (Fsp3) is 0.259. The van der Waals surface area contributed by atoms with Crippen LogP contribution < -0.4 is 10.2 Å². The van der Waals surface area contributed by atoms with E-state index in [4.69, 9.17) is 4.98 Å². The summed E-state index contributed by atoms with van der Waals surface area (Å²) in [7, 11) is 2.15. The van der Waals surface area contributed by atoms with Gasteiger partial charge < -0.3 is 20.1 Å². The van der Waals surface area contributed by atoms with Crippen LogP contribution in [0.5, 0.6) is 0 Å². The van der Waals surface area contributed by atoms with E-state index in [9.17, 15) is 0 Å². The van der Waals surface area contributed by atoms with E-state index in [1.165, 1.54) is 0 Å². The summed E-state index contributed by atoms with van der Waals surface area (Å²) in [6, 6.07) is 10.3. The Balaban J connectivity index is 1.38. The number of pyridine rings is 2. The van der Waals surface area contributed by atoms with E-state index in [0.717, 1.165) is 94.4 Å². The van der Waals surface area contributed by atoms with E-state index in [1.54, 1.807) is 0 Å². The van der Waals surface area contributed by atoms with Gasteiger partial charge in [-0.3, -0.25) is 10.1 Å². The van der Waals surface area contributed by atoms with E-state index in [1.807, 2.05) is 30.7 Å². The summed E-state index contributed by atoms with van der Waals surface area (Å²) in [5, 5.41) is 12.1. The molecule has 0 amide bonds. The third-order valence-electron chi connectivity index (χ3n) is 6.79. The number of allylic oxidation sites excluding steroid dienone is 1. The molecule has 0 saturated carbocycles. The highest BCUT2D eigenvalue weighted by Gasteiger charge is 2.21. The maximum absolute atomic E-state index is 4.97. The van der Waals surface area contributed by atoms with Gasteiger partial charge in [0, 0.05) is 55.2 Å². The summed E-state index contributed by atoms with van der Waals surface area (Å²) in [6.45, 7) is 10.0. The molecule has 1 saturated heterocycles. The predicted molar refractivity (Wildman–Crippen MR) is 145 cm³/mol. The fourth-order valence-corrected chi connectivity index (χ4v) is 4.62. The van der Waals surface area contributed by atoms with Gasteiger partial charge in [0.2, 0.25) is 0 Å². The molecule has 0 unspecified atom stereocenters. The summed E-state index contributed by atoms with van der Waals surface area (Å²) >= 11 is 0. The molecule has 4 aromatic heterocycles. The van der Waals surface area contributed by atoms with Crippen LogP contribution in [-0.4, -0.2) is 68.3 Å². The standard InChI is InChI=1S/C27H29N9/c1-4-17(2)30-20-13-19(15-28-16-20)18-5-6-22-21(14-18)24(34-33-22)26-31-23-7-8-29-27(25(23)32-26)36-11-9-35(3)10-12-36/h5-8,13-16,30H,2,4,9-12H2,1,3H3,(H,31,32)(H,33,34). The molecule has 0 atom stereocenters. The van der Waals surface area contributed by atoms with Gasteiger partial charge in [-0.05, 0) is 43.3 Å². The average molecular weight is 480 g/mol. The highest BCUT2D eigenvalue weighted by atomic mass is 15.3. The number of aromatic amines is 2. The molecule has 1 fully saturated rings. The highest BCUT2D eigenvalue weighted by molar-refractivity contribution is 5.97. The zero-order valence-corrected chi connectivity index (χ0v) is 20.5. The molecular weight excluding hydrogens is 450 g/mol. The van der Waals surface area contributed by atoms with Crippen LogP contribution in [0.3, 0.4) is 0 Å². The van der Waals surface area contributed by atoms with Crippen molar-refractivity contribution in [1.29, 1.82) is 0 Å². The van der Waals surface area contributed by atoms with Crippen molar-refractivity contribution < 1.29 is 0 Å². The molecule has 6 rings (SSSR count). The zero-order valence-electron chi connectivity index (χ0n) is 20.5. The molecule has 0 aliphatic carbocycles. The highest BCUT2D eigenvalue weighted by Crippen LogP contribution is 2.32. The topological polar surface area (TPSA) is 102 Å². The first-order valence-corrected chi connectivity index (χ1v) is 12.3. The van der Waals surface area contributed by atoms with Crippen molar-refractivity contribution in [3.63, 3.8) is 0 Å². The summed E-state index contributed by atoms with van der Waals surface area (Å²) < 4.78 is 0. The Morgan fingerprint density at radius 2 is 1.92 bits per heavy atom. The second-order valence-corrected chi connectivity index (χ2v) is 9.28. The molecule has 182 valence electrons. The maximum Gasteiger partial charge on any atom is 0.159 e. The number of hydrogen-bond acceptors (Lipinski definition) is 7. The van der Waals surface area contributed by atoms with Crippen LogP contribution in [0.25, 0.3) is 44.6 Å². The molecule has 5 aromatic rings. The quantitative estimate of drug-likeness (QED) is 0.326. The average Bonchev–Trinajstić information content (AvgIpc) is 3.53. The van der Waals surface area contributed by atoms with Gasteiger partial charge in [-0.15, -0.1) is 0 Å². The van der Waals surface area contributed by atoms with E-state index in [-0.39, 0.29) is 0 Å². The van der Waals surface area contributed by atoms with E-state index >= 15 is 0 Å². The van der Waals surface area contributed by atoms with Crippen LogP contribution in [0, 0.1) is 0 Å². The summed E-state index contributed by atoms with van der Waals surface area (Å²) in [4.78, 5) is 22.2. The minimum absolute atomic E-state index is 0.726. The number of fused-ring (bicyclic) bond motifs is 2. The first kappa shape index (κ1) is 22.2. The number of hydrogen-bond donors (Lipinski definition) is 3. The molecule has 0 radical (unpaired) electrons. The Hall–Kier alpha value is -4.24. The van der Waals surface area contributed by atoms with Crippen LogP contribution in [-0.2, 0) is 0 Å². The Kier molecular flexibility index (Phi) is 5.61. The lowest BCUT2D eigenvalue weighted by molar-refractivity contribution is 0.312. The van der Waals surface area contributed by atoms with Crippen LogP contribution in [0.4, 0.5) is 11.5 Å². The van der Waals surface area contributed by atoms with Crippen molar-refractivity contribution in [3.8, 4) is 22.6 Å². The molecule has 3 N–H and O–H groups in total. The van der Waals surface area contributed by atoms with Crippen molar-refractivity contribution >= 4 is 33.4 Å². The summed E-state index contributed by atoms with van der Waals surface area (Å²) in [5.74, 6) is 1.65. The molecular formula is C27H29N9. The number of imidazole rings is 1. The maximum atomic E-state index is 4.97. The van der Waals surface area contributed by atoms with Gasteiger partial charge in [0.05, 0.1) is 22.9 Å². The molecule has 1 aliphatic heterocycles. The van der Waals surface area contributed by atoms with Gasteiger partial charge >= 0.3 is 0 Å². The first-order chi connectivity index (χ1) is 17.6. The number of piperazine rings is 1. The molecule has 0 spiro atoms. The second-order valence-electron chi connectivity index (χ2n) is 9.28. The van der Waals surface area contributed by atoms with Crippen molar-refractivity contribution in [1.82, 2.24) is 35.0 Å². The SMILES string of the molecule is C=C(CC)Nc1cncc(-c2ccc3[nH]nc(-c4nc5c(N6CCN(C)CC6)nccc5[nH]4)c3c2)c1. The van der Waals surface area contributed by atoms with Crippen molar-refractivity contribution in [2.24, 2.45) is 0 Å². The number of likely N-dealkylation sites (N-methyl/N-ethyl adjacent to an activating group) is 1. The minimum atomic E-state index is 0.726. The Morgan fingerprint density at radius 3 is 2.75 bits per heavy atom. The monoisotopic (exact) mass is 479 g/mol. The van der Waals surface area contributed by atoms with Crippen molar-refractivity contribution in [2.75, 3.05) is 43.4 Å². The summed E-state index contributed by atoms with van der Waals surface area (Å²) in [6.07, 6.45) is 6.39. The van der Waals surface area contributed by atoms with Gasteiger partial charge in [0.25, 0.3) is 0 Å². The lowest BCUT2D eigenvalue weighted by Gasteiger charge is -2.33. The molecule has 36 heavy (non-hydrogen) atoms. The Labute approximate surface area is 209 Å². The number of nitrogens with one attached hydrogen (secondary N) is 3.